The van der Waals surface area contributed by atoms with Crippen molar-refractivity contribution < 1.29 is 22.7 Å². The van der Waals surface area contributed by atoms with Crippen LogP contribution in [0.3, 0.4) is 0 Å². The summed E-state index contributed by atoms with van der Waals surface area (Å²) in [6.45, 7) is 1.90. The summed E-state index contributed by atoms with van der Waals surface area (Å²) >= 11 is 0. The van der Waals surface area contributed by atoms with Crippen molar-refractivity contribution in [3.05, 3.63) is 65.7 Å². The van der Waals surface area contributed by atoms with Gasteiger partial charge in [0, 0.05) is 25.8 Å². The number of rotatable bonds is 7. The molecular formula is C20H24N2O5S. The van der Waals surface area contributed by atoms with E-state index < -0.39 is 10.0 Å². The number of carbonyl (C=O) groups excluding carboxylic acids is 1. The summed E-state index contributed by atoms with van der Waals surface area (Å²) in [6, 6.07) is 15.8. The quantitative estimate of drug-likeness (QED) is 0.712. The normalized spacial score (nSPS) is 17.5. The Morgan fingerprint density at radius 3 is 2.57 bits per heavy atom. The standard InChI is InChI=1S/C20H24N2O5S/c1-26-13-11-21-28(24,25)18-9-7-17(8-10-18)20(23)22-12-14-27-19(15-22)16-5-3-2-4-6-16/h2-10,19,21H,11-15H2,1H3/t19-/m1/s1. The van der Waals surface area contributed by atoms with Gasteiger partial charge in [-0.3, -0.25) is 4.79 Å². The second-order valence-electron chi connectivity index (χ2n) is 6.44. The fourth-order valence-corrected chi connectivity index (χ4v) is 4.04. The average molecular weight is 404 g/mol. The van der Waals surface area contributed by atoms with Crippen molar-refractivity contribution in [3.63, 3.8) is 0 Å². The third-order valence-electron chi connectivity index (χ3n) is 4.53. The molecule has 1 saturated heterocycles. The van der Waals surface area contributed by atoms with Gasteiger partial charge in [0.2, 0.25) is 10.0 Å². The Morgan fingerprint density at radius 2 is 1.89 bits per heavy atom. The maximum Gasteiger partial charge on any atom is 0.254 e. The Morgan fingerprint density at radius 1 is 1.18 bits per heavy atom. The van der Waals surface area contributed by atoms with E-state index in [2.05, 4.69) is 4.72 Å². The van der Waals surface area contributed by atoms with E-state index in [0.29, 0.717) is 25.3 Å². The molecule has 7 nitrogen and oxygen atoms in total. The molecule has 28 heavy (non-hydrogen) atoms. The zero-order valence-corrected chi connectivity index (χ0v) is 16.5. The number of hydrogen-bond donors (Lipinski definition) is 1. The average Bonchev–Trinajstić information content (AvgIpc) is 2.74. The minimum atomic E-state index is -3.62. The predicted molar refractivity (Wildman–Crippen MR) is 105 cm³/mol. The molecule has 1 heterocycles. The number of hydrogen-bond acceptors (Lipinski definition) is 5. The summed E-state index contributed by atoms with van der Waals surface area (Å²) in [6.07, 6.45) is -0.163. The van der Waals surface area contributed by atoms with Crippen molar-refractivity contribution in [1.82, 2.24) is 9.62 Å². The highest BCUT2D eigenvalue weighted by Gasteiger charge is 2.26. The zero-order chi connectivity index (χ0) is 20.0. The van der Waals surface area contributed by atoms with E-state index in [0.717, 1.165) is 5.56 Å². The molecule has 1 aliphatic heterocycles. The zero-order valence-electron chi connectivity index (χ0n) is 15.7. The van der Waals surface area contributed by atoms with Gasteiger partial charge in [-0.15, -0.1) is 0 Å². The van der Waals surface area contributed by atoms with E-state index in [9.17, 15) is 13.2 Å². The lowest BCUT2D eigenvalue weighted by Crippen LogP contribution is -2.42. The fraction of sp³-hybridized carbons (Fsp3) is 0.350. The molecule has 2 aromatic rings. The molecule has 3 rings (SSSR count). The van der Waals surface area contributed by atoms with Crippen LogP contribution in [0.2, 0.25) is 0 Å². The number of morpholine rings is 1. The molecule has 0 saturated carbocycles. The fourth-order valence-electron chi connectivity index (χ4n) is 3.02. The Balaban J connectivity index is 1.67. The van der Waals surface area contributed by atoms with Gasteiger partial charge < -0.3 is 14.4 Å². The monoisotopic (exact) mass is 404 g/mol. The smallest absolute Gasteiger partial charge is 0.254 e. The van der Waals surface area contributed by atoms with Crippen LogP contribution in [0.1, 0.15) is 22.0 Å². The van der Waals surface area contributed by atoms with Crippen molar-refractivity contribution in [1.29, 1.82) is 0 Å². The van der Waals surface area contributed by atoms with Crippen molar-refractivity contribution in [2.75, 3.05) is 40.0 Å². The number of ether oxygens (including phenoxy) is 2. The Bertz CT molecular complexity index is 885. The number of methoxy groups -OCH3 is 1. The summed E-state index contributed by atoms with van der Waals surface area (Å²) < 4.78 is 37.5. The molecule has 0 aromatic heterocycles. The molecule has 8 heteroatoms. The van der Waals surface area contributed by atoms with Gasteiger partial charge in [0.1, 0.15) is 6.10 Å². The summed E-state index contributed by atoms with van der Waals surface area (Å²) in [5.41, 5.74) is 1.48. The molecule has 0 unspecified atom stereocenters. The van der Waals surface area contributed by atoms with Crippen molar-refractivity contribution in [3.8, 4) is 0 Å². The predicted octanol–water partition coefficient (Wildman–Crippen LogP) is 1.82. The van der Waals surface area contributed by atoms with Gasteiger partial charge in [0.25, 0.3) is 5.91 Å². The van der Waals surface area contributed by atoms with E-state index in [1.807, 2.05) is 30.3 Å². The molecule has 1 aliphatic rings. The van der Waals surface area contributed by atoms with Gasteiger partial charge >= 0.3 is 0 Å². The molecule has 1 atom stereocenters. The third kappa shape index (κ3) is 4.96. The number of carbonyl (C=O) groups is 1. The molecular weight excluding hydrogens is 380 g/mol. The highest BCUT2D eigenvalue weighted by atomic mass is 32.2. The lowest BCUT2D eigenvalue weighted by atomic mass is 10.1. The van der Waals surface area contributed by atoms with Crippen LogP contribution < -0.4 is 4.72 Å². The summed E-state index contributed by atoms with van der Waals surface area (Å²) in [7, 11) is -2.12. The molecule has 2 aromatic carbocycles. The van der Waals surface area contributed by atoms with E-state index in [1.165, 1.54) is 19.2 Å². The highest BCUT2D eigenvalue weighted by Crippen LogP contribution is 2.23. The number of nitrogens with zero attached hydrogens (tertiary/aromatic N) is 1. The summed E-state index contributed by atoms with van der Waals surface area (Å²) in [4.78, 5) is 14.7. The van der Waals surface area contributed by atoms with Crippen LogP contribution in [0, 0.1) is 0 Å². The number of amides is 1. The Hall–Kier alpha value is -2.26. The first-order valence-corrected chi connectivity index (χ1v) is 10.5. The van der Waals surface area contributed by atoms with Gasteiger partial charge in [0.05, 0.1) is 24.7 Å². The molecule has 1 N–H and O–H groups in total. The minimum absolute atomic E-state index is 0.115. The topological polar surface area (TPSA) is 84.9 Å². The molecule has 0 bridgehead atoms. The van der Waals surface area contributed by atoms with E-state index in [1.54, 1.807) is 17.0 Å². The molecule has 0 spiro atoms. The lowest BCUT2D eigenvalue weighted by Gasteiger charge is -2.33. The molecule has 1 amide bonds. The van der Waals surface area contributed by atoms with Crippen molar-refractivity contribution in [2.24, 2.45) is 0 Å². The third-order valence-corrected chi connectivity index (χ3v) is 6.01. The Labute approximate surface area is 165 Å². The van der Waals surface area contributed by atoms with Crippen LogP contribution in [0.25, 0.3) is 0 Å². The van der Waals surface area contributed by atoms with E-state index >= 15 is 0 Å². The van der Waals surface area contributed by atoms with Gasteiger partial charge in [0.15, 0.2) is 0 Å². The van der Waals surface area contributed by atoms with Gasteiger partial charge in [-0.2, -0.15) is 0 Å². The maximum atomic E-state index is 12.8. The van der Waals surface area contributed by atoms with Crippen LogP contribution in [-0.4, -0.2) is 59.2 Å². The van der Waals surface area contributed by atoms with Crippen LogP contribution >= 0.6 is 0 Å². The Kier molecular flexibility index (Phi) is 6.79. The van der Waals surface area contributed by atoms with Gasteiger partial charge in [-0.1, -0.05) is 30.3 Å². The van der Waals surface area contributed by atoms with Gasteiger partial charge in [-0.05, 0) is 29.8 Å². The molecule has 0 radical (unpaired) electrons. The maximum absolute atomic E-state index is 12.8. The molecule has 150 valence electrons. The number of nitrogens with one attached hydrogen (secondary N) is 1. The highest BCUT2D eigenvalue weighted by molar-refractivity contribution is 7.89. The number of sulfonamides is 1. The first-order chi connectivity index (χ1) is 13.5. The first-order valence-electron chi connectivity index (χ1n) is 9.06. The van der Waals surface area contributed by atoms with Crippen LogP contribution in [0.5, 0.6) is 0 Å². The van der Waals surface area contributed by atoms with Crippen molar-refractivity contribution in [2.45, 2.75) is 11.0 Å². The number of benzene rings is 2. The van der Waals surface area contributed by atoms with Crippen LogP contribution in [-0.2, 0) is 19.5 Å². The van der Waals surface area contributed by atoms with E-state index in [4.69, 9.17) is 9.47 Å². The van der Waals surface area contributed by atoms with Gasteiger partial charge in [-0.25, -0.2) is 13.1 Å². The van der Waals surface area contributed by atoms with Crippen molar-refractivity contribution >= 4 is 15.9 Å². The summed E-state index contributed by atoms with van der Waals surface area (Å²) in [5.74, 6) is -0.138. The SMILES string of the molecule is COCCNS(=O)(=O)c1ccc(C(=O)N2CCO[C@@H](c3ccccc3)C2)cc1. The minimum Gasteiger partial charge on any atom is -0.383 e. The second kappa shape index (κ2) is 9.29. The molecule has 1 fully saturated rings. The second-order valence-corrected chi connectivity index (χ2v) is 8.20. The van der Waals surface area contributed by atoms with Crippen LogP contribution in [0.4, 0.5) is 0 Å². The molecule has 0 aliphatic carbocycles. The van der Waals surface area contributed by atoms with E-state index in [-0.39, 0.29) is 30.1 Å². The van der Waals surface area contributed by atoms with Crippen LogP contribution in [0.15, 0.2) is 59.5 Å². The lowest BCUT2D eigenvalue weighted by molar-refractivity contribution is -0.0228. The largest absolute Gasteiger partial charge is 0.383 e. The first kappa shape index (κ1) is 20.5. The summed E-state index contributed by atoms with van der Waals surface area (Å²) in [5, 5.41) is 0.